The summed E-state index contributed by atoms with van der Waals surface area (Å²) in [6.07, 6.45) is -0.935. The van der Waals surface area contributed by atoms with Crippen LogP contribution in [0.3, 0.4) is 0 Å². The van der Waals surface area contributed by atoms with E-state index in [1.165, 1.54) is 14.0 Å². The Kier molecular flexibility index (Phi) is 7.80. The van der Waals surface area contributed by atoms with E-state index < -0.39 is 24.0 Å². The molecule has 154 valence electrons. The van der Waals surface area contributed by atoms with Crippen molar-refractivity contribution in [3.05, 3.63) is 29.8 Å². The predicted octanol–water partition coefficient (Wildman–Crippen LogP) is 1.24. The minimum Gasteiger partial charge on any atom is -0.496 e. The van der Waals surface area contributed by atoms with Crippen LogP contribution in [0.4, 0.5) is 0 Å². The van der Waals surface area contributed by atoms with Crippen molar-refractivity contribution >= 4 is 17.8 Å². The summed E-state index contributed by atoms with van der Waals surface area (Å²) in [5, 5.41) is 2.69. The zero-order valence-corrected chi connectivity index (χ0v) is 16.8. The van der Waals surface area contributed by atoms with Gasteiger partial charge in [-0.05, 0) is 25.0 Å². The number of nitrogens with zero attached hydrogens (tertiary/aromatic N) is 1. The topological polar surface area (TPSA) is 94.2 Å². The Morgan fingerprint density at radius 1 is 1.11 bits per heavy atom. The van der Waals surface area contributed by atoms with Crippen LogP contribution in [-0.4, -0.2) is 68.2 Å². The van der Waals surface area contributed by atoms with Crippen LogP contribution in [0.2, 0.25) is 0 Å². The summed E-state index contributed by atoms with van der Waals surface area (Å²) in [7, 11) is 1.47. The molecule has 1 fully saturated rings. The molecule has 1 N–H and O–H groups in total. The summed E-state index contributed by atoms with van der Waals surface area (Å²) in [6, 6.07) is 5.85. The zero-order chi connectivity index (χ0) is 20.7. The number of nitrogens with one attached hydrogen (secondary N) is 1. The molecular formula is C20H28N2O6. The molecule has 0 spiro atoms. The second-order valence-electron chi connectivity index (χ2n) is 6.91. The molecule has 2 amide bonds. The number of hydrogen-bond acceptors (Lipinski definition) is 6. The largest absolute Gasteiger partial charge is 0.496 e. The van der Waals surface area contributed by atoms with Gasteiger partial charge in [-0.2, -0.15) is 0 Å². The Balaban J connectivity index is 2.03. The maximum atomic E-state index is 12.6. The molecule has 2 atom stereocenters. The first-order chi connectivity index (χ1) is 13.3. The van der Waals surface area contributed by atoms with Crippen LogP contribution in [0, 0.1) is 5.92 Å². The Labute approximate surface area is 165 Å². The number of amides is 2. The fourth-order valence-corrected chi connectivity index (χ4v) is 2.89. The van der Waals surface area contributed by atoms with Crippen LogP contribution in [-0.2, 0) is 19.1 Å². The number of carbonyl (C=O) groups excluding carboxylic acids is 3. The SMILES string of the molecule is COc1ccccc1C(=O)N[C@@H](C(=O)O[C@H](C)C(=O)N1CCOCC1)C(C)C. The van der Waals surface area contributed by atoms with Gasteiger partial charge in [-0.25, -0.2) is 4.79 Å². The van der Waals surface area contributed by atoms with Crippen molar-refractivity contribution in [2.45, 2.75) is 32.9 Å². The van der Waals surface area contributed by atoms with Gasteiger partial charge in [-0.3, -0.25) is 9.59 Å². The molecule has 1 aromatic carbocycles. The number of ether oxygens (including phenoxy) is 3. The van der Waals surface area contributed by atoms with Crippen molar-refractivity contribution in [2.24, 2.45) is 5.92 Å². The van der Waals surface area contributed by atoms with Crippen LogP contribution in [0.1, 0.15) is 31.1 Å². The maximum absolute atomic E-state index is 12.6. The molecule has 1 heterocycles. The van der Waals surface area contributed by atoms with Crippen molar-refractivity contribution in [1.82, 2.24) is 10.2 Å². The normalized spacial score (nSPS) is 16.2. The maximum Gasteiger partial charge on any atom is 0.329 e. The first kappa shape index (κ1) is 21.7. The van der Waals surface area contributed by atoms with E-state index in [1.54, 1.807) is 43.0 Å². The highest BCUT2D eigenvalue weighted by molar-refractivity contribution is 5.99. The Morgan fingerprint density at radius 2 is 1.75 bits per heavy atom. The summed E-state index contributed by atoms with van der Waals surface area (Å²) < 4.78 is 15.8. The monoisotopic (exact) mass is 392 g/mol. The second-order valence-corrected chi connectivity index (χ2v) is 6.91. The second kappa shape index (κ2) is 10.1. The smallest absolute Gasteiger partial charge is 0.329 e. The molecule has 2 rings (SSSR count). The van der Waals surface area contributed by atoms with E-state index >= 15 is 0 Å². The number of rotatable bonds is 7. The molecular weight excluding hydrogens is 364 g/mol. The van der Waals surface area contributed by atoms with E-state index in [1.807, 2.05) is 0 Å². The minimum absolute atomic E-state index is 0.225. The molecule has 28 heavy (non-hydrogen) atoms. The van der Waals surface area contributed by atoms with Gasteiger partial charge in [-0.1, -0.05) is 26.0 Å². The van der Waals surface area contributed by atoms with Crippen molar-refractivity contribution in [1.29, 1.82) is 0 Å². The third-order valence-corrected chi connectivity index (χ3v) is 4.52. The third-order valence-electron chi connectivity index (χ3n) is 4.52. The highest BCUT2D eigenvalue weighted by Crippen LogP contribution is 2.18. The number of para-hydroxylation sites is 1. The van der Waals surface area contributed by atoms with E-state index in [0.29, 0.717) is 37.6 Å². The van der Waals surface area contributed by atoms with E-state index in [0.717, 1.165) is 0 Å². The summed E-state index contributed by atoms with van der Waals surface area (Å²) in [4.78, 5) is 39.3. The molecule has 0 aliphatic carbocycles. The van der Waals surface area contributed by atoms with Gasteiger partial charge in [0.25, 0.3) is 11.8 Å². The quantitative estimate of drug-likeness (QED) is 0.702. The Hall–Kier alpha value is -2.61. The molecule has 1 saturated heterocycles. The lowest BCUT2D eigenvalue weighted by Crippen LogP contribution is -2.49. The van der Waals surface area contributed by atoms with Gasteiger partial charge in [0.05, 0.1) is 25.9 Å². The zero-order valence-electron chi connectivity index (χ0n) is 16.8. The molecule has 1 aromatic rings. The number of benzene rings is 1. The minimum atomic E-state index is -0.935. The van der Waals surface area contributed by atoms with Gasteiger partial charge >= 0.3 is 5.97 Å². The van der Waals surface area contributed by atoms with Crippen molar-refractivity contribution in [2.75, 3.05) is 33.4 Å². The summed E-state index contributed by atoms with van der Waals surface area (Å²) in [6.45, 7) is 7.00. The Morgan fingerprint density at radius 3 is 2.36 bits per heavy atom. The van der Waals surface area contributed by atoms with Gasteiger partial charge < -0.3 is 24.4 Å². The average molecular weight is 392 g/mol. The molecule has 1 aliphatic rings. The summed E-state index contributed by atoms with van der Waals surface area (Å²) >= 11 is 0. The van der Waals surface area contributed by atoms with Crippen LogP contribution in [0.25, 0.3) is 0 Å². The number of carbonyl (C=O) groups is 3. The molecule has 1 aliphatic heterocycles. The van der Waals surface area contributed by atoms with Gasteiger partial charge in [0.2, 0.25) is 0 Å². The van der Waals surface area contributed by atoms with Crippen LogP contribution in [0.15, 0.2) is 24.3 Å². The van der Waals surface area contributed by atoms with Crippen LogP contribution < -0.4 is 10.1 Å². The summed E-state index contributed by atoms with van der Waals surface area (Å²) in [5.41, 5.74) is 0.320. The molecule has 0 aromatic heterocycles. The molecule has 0 bridgehead atoms. The van der Waals surface area contributed by atoms with Gasteiger partial charge in [0.1, 0.15) is 11.8 Å². The highest BCUT2D eigenvalue weighted by Gasteiger charge is 2.31. The van der Waals surface area contributed by atoms with E-state index in [-0.39, 0.29) is 11.8 Å². The molecule has 8 heteroatoms. The van der Waals surface area contributed by atoms with E-state index in [4.69, 9.17) is 14.2 Å². The highest BCUT2D eigenvalue weighted by atomic mass is 16.5. The number of esters is 1. The lowest BCUT2D eigenvalue weighted by atomic mass is 10.0. The number of methoxy groups -OCH3 is 1. The first-order valence-electron chi connectivity index (χ1n) is 9.36. The third kappa shape index (κ3) is 5.45. The number of hydrogen-bond donors (Lipinski definition) is 1. The fraction of sp³-hybridized carbons (Fsp3) is 0.550. The molecule has 0 radical (unpaired) electrons. The lowest BCUT2D eigenvalue weighted by Gasteiger charge is -2.30. The fourth-order valence-electron chi connectivity index (χ4n) is 2.89. The van der Waals surface area contributed by atoms with Crippen molar-refractivity contribution in [3.8, 4) is 5.75 Å². The molecule has 8 nitrogen and oxygen atoms in total. The molecule has 0 saturated carbocycles. The van der Waals surface area contributed by atoms with Gasteiger partial charge in [-0.15, -0.1) is 0 Å². The van der Waals surface area contributed by atoms with E-state index in [2.05, 4.69) is 5.32 Å². The van der Waals surface area contributed by atoms with Gasteiger partial charge in [0, 0.05) is 13.1 Å². The lowest BCUT2D eigenvalue weighted by molar-refractivity contribution is -0.163. The van der Waals surface area contributed by atoms with Crippen molar-refractivity contribution < 1.29 is 28.6 Å². The van der Waals surface area contributed by atoms with Gasteiger partial charge in [0.15, 0.2) is 6.10 Å². The predicted molar refractivity (Wildman–Crippen MR) is 102 cm³/mol. The van der Waals surface area contributed by atoms with Crippen LogP contribution in [0.5, 0.6) is 5.75 Å². The van der Waals surface area contributed by atoms with Crippen LogP contribution >= 0.6 is 0 Å². The standard InChI is InChI=1S/C20H28N2O6/c1-13(2)17(21-18(23)15-7-5-6-8-16(15)26-4)20(25)28-14(3)19(24)22-9-11-27-12-10-22/h5-8,13-14,17H,9-12H2,1-4H3,(H,21,23)/t14-,17-/m1/s1. The Bertz CT molecular complexity index is 700. The summed E-state index contributed by atoms with van der Waals surface area (Å²) in [5.74, 6) is -1.17. The average Bonchev–Trinajstić information content (AvgIpc) is 2.71. The first-order valence-corrected chi connectivity index (χ1v) is 9.36. The van der Waals surface area contributed by atoms with E-state index in [9.17, 15) is 14.4 Å². The van der Waals surface area contributed by atoms with Crippen molar-refractivity contribution in [3.63, 3.8) is 0 Å². The number of morpholine rings is 1. The molecule has 0 unspecified atom stereocenters.